The first-order valence-corrected chi connectivity index (χ1v) is 14.8. The molecule has 0 unspecified atom stereocenters. The largest absolute Gasteiger partial charge is 0.422 e. The standard InChI is InChI=1S/C30H17BrCl3N3O4S/c31-18-7-12-24(41-30(40)21-11-8-19(32)14-23(21)33)17(13-18)15-35-37-28(38)16-5-9-20(10-6-16)36-29(39)27-26(34)22-3-1-2-4-25(22)42-27/h1-15H,(H,36,39)(H,37,38)/b35-15-. The minimum Gasteiger partial charge on any atom is -0.422 e. The first kappa shape index (κ1) is 29.8. The van der Waals surface area contributed by atoms with Crippen molar-refractivity contribution in [2.45, 2.75) is 0 Å². The lowest BCUT2D eigenvalue weighted by Gasteiger charge is -2.09. The fourth-order valence-corrected chi connectivity index (χ4v) is 6.08. The van der Waals surface area contributed by atoms with E-state index in [0.717, 1.165) is 10.1 Å². The lowest BCUT2D eigenvalue weighted by atomic mass is 10.2. The molecular formula is C30H17BrCl3N3O4S. The van der Waals surface area contributed by atoms with E-state index < -0.39 is 11.9 Å². The molecule has 0 bridgehead atoms. The number of rotatable bonds is 7. The van der Waals surface area contributed by atoms with Crippen LogP contribution < -0.4 is 15.5 Å². The summed E-state index contributed by atoms with van der Waals surface area (Å²) in [4.78, 5) is 38.5. The average molecular weight is 702 g/mol. The van der Waals surface area contributed by atoms with E-state index in [1.165, 1.54) is 35.8 Å². The number of carbonyl (C=O) groups excluding carboxylic acids is 3. The molecular weight excluding hydrogens is 685 g/mol. The lowest BCUT2D eigenvalue weighted by molar-refractivity contribution is 0.0734. The van der Waals surface area contributed by atoms with E-state index in [1.54, 1.807) is 42.5 Å². The smallest absolute Gasteiger partial charge is 0.345 e. The zero-order valence-corrected chi connectivity index (χ0v) is 25.8. The van der Waals surface area contributed by atoms with E-state index in [4.69, 9.17) is 39.5 Å². The Morgan fingerprint density at radius 2 is 1.64 bits per heavy atom. The van der Waals surface area contributed by atoms with E-state index in [-0.39, 0.29) is 22.2 Å². The number of nitrogens with zero attached hydrogens (tertiary/aromatic N) is 1. The zero-order valence-electron chi connectivity index (χ0n) is 21.2. The first-order valence-electron chi connectivity index (χ1n) is 12.1. The highest BCUT2D eigenvalue weighted by Crippen LogP contribution is 2.35. The van der Waals surface area contributed by atoms with Crippen LogP contribution in [-0.4, -0.2) is 24.0 Å². The summed E-state index contributed by atoms with van der Waals surface area (Å²) in [5, 5.41) is 8.57. The number of nitrogens with one attached hydrogen (secondary N) is 2. The van der Waals surface area contributed by atoms with Gasteiger partial charge in [0.1, 0.15) is 10.6 Å². The predicted molar refractivity (Wildman–Crippen MR) is 172 cm³/mol. The molecule has 0 atom stereocenters. The predicted octanol–water partition coefficient (Wildman–Crippen LogP) is 8.86. The fourth-order valence-electron chi connectivity index (χ4n) is 3.80. The van der Waals surface area contributed by atoms with Crippen molar-refractivity contribution in [3.8, 4) is 5.75 Å². The molecule has 7 nitrogen and oxygen atoms in total. The molecule has 0 aliphatic rings. The Morgan fingerprint density at radius 3 is 2.38 bits per heavy atom. The number of hydrazone groups is 1. The van der Waals surface area contributed by atoms with Crippen LogP contribution in [0.25, 0.3) is 10.1 Å². The number of halogens is 4. The van der Waals surface area contributed by atoms with E-state index in [2.05, 4.69) is 31.8 Å². The van der Waals surface area contributed by atoms with Crippen molar-refractivity contribution in [3.05, 3.63) is 126 Å². The second kappa shape index (κ2) is 13.1. The number of amides is 2. The lowest BCUT2D eigenvalue weighted by Crippen LogP contribution is -2.18. The monoisotopic (exact) mass is 699 g/mol. The van der Waals surface area contributed by atoms with Gasteiger partial charge in [0.15, 0.2) is 0 Å². The van der Waals surface area contributed by atoms with Gasteiger partial charge < -0.3 is 10.1 Å². The summed E-state index contributed by atoms with van der Waals surface area (Å²) in [5.41, 5.74) is 3.81. The summed E-state index contributed by atoms with van der Waals surface area (Å²) in [5.74, 6) is -1.31. The highest BCUT2D eigenvalue weighted by Gasteiger charge is 2.18. The number of fused-ring (bicyclic) bond motifs is 1. The van der Waals surface area contributed by atoms with Crippen LogP contribution >= 0.6 is 62.1 Å². The van der Waals surface area contributed by atoms with E-state index in [1.807, 2.05) is 24.3 Å². The van der Waals surface area contributed by atoms with Gasteiger partial charge in [0.25, 0.3) is 11.8 Å². The first-order chi connectivity index (χ1) is 20.2. The molecule has 0 aliphatic heterocycles. The molecule has 0 radical (unpaired) electrons. The molecule has 0 saturated heterocycles. The van der Waals surface area contributed by atoms with Crippen LogP contribution in [0.15, 0.2) is 94.5 Å². The van der Waals surface area contributed by atoms with Gasteiger partial charge in [0.2, 0.25) is 0 Å². The minimum atomic E-state index is -0.681. The summed E-state index contributed by atoms with van der Waals surface area (Å²) in [6.45, 7) is 0. The molecule has 1 heterocycles. The number of anilines is 1. The third-order valence-corrected chi connectivity index (χ3v) is 8.56. The molecule has 0 spiro atoms. The average Bonchev–Trinajstić information content (AvgIpc) is 3.31. The molecule has 5 rings (SSSR count). The van der Waals surface area contributed by atoms with Crippen molar-refractivity contribution in [1.82, 2.24) is 5.43 Å². The summed E-state index contributed by atoms with van der Waals surface area (Å²) in [6.07, 6.45) is 1.35. The molecule has 12 heteroatoms. The molecule has 42 heavy (non-hydrogen) atoms. The van der Waals surface area contributed by atoms with Gasteiger partial charge >= 0.3 is 5.97 Å². The molecule has 0 saturated carbocycles. The Labute approximate surface area is 267 Å². The van der Waals surface area contributed by atoms with Gasteiger partial charge in [-0.15, -0.1) is 11.3 Å². The van der Waals surface area contributed by atoms with Crippen molar-refractivity contribution < 1.29 is 19.1 Å². The summed E-state index contributed by atoms with van der Waals surface area (Å²) in [7, 11) is 0. The number of benzene rings is 4. The highest BCUT2D eigenvalue weighted by atomic mass is 79.9. The SMILES string of the molecule is O=C(N/N=C\c1cc(Br)ccc1OC(=O)c1ccc(Cl)cc1Cl)c1ccc(NC(=O)c2sc3ccccc3c2Cl)cc1. The number of thiophene rings is 1. The van der Waals surface area contributed by atoms with Crippen LogP contribution in [-0.2, 0) is 0 Å². The van der Waals surface area contributed by atoms with Gasteiger partial charge in [-0.25, -0.2) is 10.2 Å². The van der Waals surface area contributed by atoms with Crippen molar-refractivity contribution in [2.24, 2.45) is 5.10 Å². The molecule has 0 aliphatic carbocycles. The van der Waals surface area contributed by atoms with Crippen LogP contribution in [0.3, 0.4) is 0 Å². The Hall–Kier alpha value is -3.73. The van der Waals surface area contributed by atoms with Gasteiger partial charge in [-0.05, 0) is 66.7 Å². The van der Waals surface area contributed by atoms with Gasteiger partial charge in [-0.3, -0.25) is 9.59 Å². The van der Waals surface area contributed by atoms with E-state index in [9.17, 15) is 14.4 Å². The van der Waals surface area contributed by atoms with Crippen molar-refractivity contribution >= 4 is 102 Å². The molecule has 5 aromatic rings. The van der Waals surface area contributed by atoms with Crippen LogP contribution in [0.2, 0.25) is 15.1 Å². The minimum absolute atomic E-state index is 0.145. The number of hydrogen-bond donors (Lipinski definition) is 2. The molecule has 4 aromatic carbocycles. The van der Waals surface area contributed by atoms with Gasteiger partial charge in [-0.2, -0.15) is 5.10 Å². The van der Waals surface area contributed by atoms with Gasteiger partial charge in [0.05, 0.1) is 21.8 Å². The third-order valence-electron chi connectivity index (χ3n) is 5.84. The molecule has 0 fully saturated rings. The Bertz CT molecular complexity index is 1880. The number of ether oxygens (including phenoxy) is 1. The number of hydrogen-bond acceptors (Lipinski definition) is 6. The van der Waals surface area contributed by atoms with Crippen molar-refractivity contribution in [1.29, 1.82) is 0 Å². The number of esters is 1. The maximum absolute atomic E-state index is 12.8. The molecule has 1 aromatic heterocycles. The maximum atomic E-state index is 12.8. The topological polar surface area (TPSA) is 96.9 Å². The summed E-state index contributed by atoms with van der Waals surface area (Å²) in [6, 6.07) is 23.2. The Morgan fingerprint density at radius 1 is 0.881 bits per heavy atom. The normalized spacial score (nSPS) is 11.0. The summed E-state index contributed by atoms with van der Waals surface area (Å²) < 4.78 is 7.14. The molecule has 2 amide bonds. The summed E-state index contributed by atoms with van der Waals surface area (Å²) >= 11 is 23.1. The van der Waals surface area contributed by atoms with Gasteiger partial charge in [0, 0.05) is 36.4 Å². The van der Waals surface area contributed by atoms with Crippen LogP contribution in [0, 0.1) is 0 Å². The quantitative estimate of drug-likeness (QED) is 0.0767. The van der Waals surface area contributed by atoms with Gasteiger partial charge in [-0.1, -0.05) is 68.9 Å². The van der Waals surface area contributed by atoms with E-state index in [0.29, 0.717) is 36.2 Å². The maximum Gasteiger partial charge on any atom is 0.345 e. The third kappa shape index (κ3) is 6.83. The van der Waals surface area contributed by atoms with Crippen molar-refractivity contribution in [2.75, 3.05) is 5.32 Å². The van der Waals surface area contributed by atoms with E-state index >= 15 is 0 Å². The van der Waals surface area contributed by atoms with Crippen LogP contribution in [0.4, 0.5) is 5.69 Å². The van der Waals surface area contributed by atoms with Crippen LogP contribution in [0.1, 0.15) is 36.0 Å². The second-order valence-electron chi connectivity index (χ2n) is 8.67. The Balaban J connectivity index is 1.23. The number of carbonyl (C=O) groups is 3. The molecule has 210 valence electrons. The van der Waals surface area contributed by atoms with Crippen LogP contribution in [0.5, 0.6) is 5.75 Å². The Kier molecular flexibility index (Phi) is 9.25. The zero-order chi connectivity index (χ0) is 29.8. The fraction of sp³-hybridized carbons (Fsp3) is 0. The van der Waals surface area contributed by atoms with Crippen molar-refractivity contribution in [3.63, 3.8) is 0 Å². The second-order valence-corrected chi connectivity index (χ2v) is 11.9. The highest BCUT2D eigenvalue weighted by molar-refractivity contribution is 9.10. The molecule has 2 N–H and O–H groups in total.